The highest BCUT2D eigenvalue weighted by Gasteiger charge is 2.39. The van der Waals surface area contributed by atoms with Gasteiger partial charge in [-0.25, -0.2) is 4.79 Å². The average molecular weight is 437 g/mol. The Balaban J connectivity index is 2.11. The predicted octanol–water partition coefficient (Wildman–Crippen LogP) is 3.90. The molecule has 0 aliphatic heterocycles. The van der Waals surface area contributed by atoms with Gasteiger partial charge in [-0.1, -0.05) is 60.7 Å². The van der Waals surface area contributed by atoms with E-state index in [4.69, 9.17) is 4.74 Å². The van der Waals surface area contributed by atoms with Crippen molar-refractivity contribution in [3.05, 3.63) is 95.0 Å². The number of hydrazone groups is 1. The molecule has 0 aromatic heterocycles. The minimum atomic E-state index is -3.68. The summed E-state index contributed by atoms with van der Waals surface area (Å²) in [5.74, 6) is -0.812. The zero-order chi connectivity index (χ0) is 22.3. The Labute approximate surface area is 179 Å². The molecule has 31 heavy (non-hydrogen) atoms. The largest absolute Gasteiger partial charge is 0.461 e. The van der Waals surface area contributed by atoms with Gasteiger partial charge in [0.05, 0.1) is 17.2 Å². The van der Waals surface area contributed by atoms with Crippen LogP contribution in [0.1, 0.15) is 6.92 Å². The minimum absolute atomic E-state index is 0.0823. The van der Waals surface area contributed by atoms with Gasteiger partial charge < -0.3 is 9.30 Å². The zero-order valence-electron chi connectivity index (χ0n) is 16.7. The van der Waals surface area contributed by atoms with Gasteiger partial charge in [-0.05, 0) is 19.1 Å². The van der Waals surface area contributed by atoms with Crippen molar-refractivity contribution in [2.45, 2.75) is 6.92 Å². The van der Waals surface area contributed by atoms with E-state index in [9.17, 15) is 19.5 Å². The second-order valence-electron chi connectivity index (χ2n) is 6.35. The minimum Gasteiger partial charge on any atom is -0.461 e. The highest BCUT2D eigenvalue weighted by molar-refractivity contribution is 7.95. The van der Waals surface area contributed by atoms with E-state index in [2.05, 4.69) is 10.5 Å². The van der Waals surface area contributed by atoms with Gasteiger partial charge in [-0.3, -0.25) is 15.5 Å². The van der Waals surface area contributed by atoms with E-state index in [0.29, 0.717) is 16.3 Å². The van der Waals surface area contributed by atoms with Crippen LogP contribution >= 0.6 is 7.14 Å². The highest BCUT2D eigenvalue weighted by Crippen LogP contribution is 2.45. The molecule has 8 nitrogen and oxygen atoms in total. The second-order valence-corrected chi connectivity index (χ2v) is 9.03. The number of benzene rings is 3. The normalized spacial score (nSPS) is 11.6. The van der Waals surface area contributed by atoms with Crippen molar-refractivity contribution in [1.82, 2.24) is 0 Å². The predicted molar refractivity (Wildman–Crippen MR) is 121 cm³/mol. The number of carbonyl (C=O) groups is 1. The Bertz CT molecular complexity index is 1090. The van der Waals surface area contributed by atoms with Crippen molar-refractivity contribution >= 4 is 40.5 Å². The van der Waals surface area contributed by atoms with Crippen LogP contribution in [-0.2, 0) is 14.1 Å². The lowest BCUT2D eigenvalue weighted by Crippen LogP contribution is -2.30. The highest BCUT2D eigenvalue weighted by atomic mass is 31.2. The lowest BCUT2D eigenvalue weighted by atomic mass is 10.3. The van der Waals surface area contributed by atoms with Crippen LogP contribution in [0.4, 0.5) is 11.4 Å². The molecule has 158 valence electrons. The fourth-order valence-corrected chi connectivity index (χ4v) is 5.37. The third kappa shape index (κ3) is 4.87. The summed E-state index contributed by atoms with van der Waals surface area (Å²) in [4.78, 5) is 23.2. The van der Waals surface area contributed by atoms with Crippen molar-refractivity contribution < 1.29 is 19.0 Å². The van der Waals surface area contributed by atoms with Gasteiger partial charge >= 0.3 is 5.97 Å². The van der Waals surface area contributed by atoms with Crippen LogP contribution in [0.15, 0.2) is 90.0 Å². The van der Waals surface area contributed by atoms with Crippen LogP contribution in [-0.4, -0.2) is 23.0 Å². The molecule has 0 heterocycles. The van der Waals surface area contributed by atoms with Gasteiger partial charge in [-0.15, -0.1) is 0 Å². The summed E-state index contributed by atoms with van der Waals surface area (Å²) in [6.07, 6.45) is 0. The van der Waals surface area contributed by atoms with Gasteiger partial charge in [0.15, 0.2) is 7.14 Å². The molecule has 0 saturated heterocycles. The molecule has 1 N–H and O–H groups in total. The molecule has 0 amide bonds. The topological polar surface area (TPSA) is 111 Å². The molecule has 9 heteroatoms. The fourth-order valence-electron chi connectivity index (χ4n) is 2.88. The Hall–Kier alpha value is -3.77. The van der Waals surface area contributed by atoms with Crippen molar-refractivity contribution in [1.29, 1.82) is 0 Å². The molecule has 0 atom stereocenters. The molecule has 0 spiro atoms. The van der Waals surface area contributed by atoms with Crippen LogP contribution in [0.3, 0.4) is 0 Å². The maximum Gasteiger partial charge on any atom is 0.363 e. The number of nitro groups is 1. The summed E-state index contributed by atoms with van der Waals surface area (Å²) in [6, 6.07) is 22.7. The molecule has 0 unspecified atom stereocenters. The van der Waals surface area contributed by atoms with Crippen LogP contribution in [0.25, 0.3) is 0 Å². The third-order valence-corrected chi connectivity index (χ3v) is 7.29. The number of ether oxygens (including phenoxy) is 1. The summed E-state index contributed by atoms with van der Waals surface area (Å²) in [5, 5.41) is 15.9. The lowest BCUT2D eigenvalue weighted by molar-refractivity contribution is -0.384. The molecular formula is C22H20N3O5P. The van der Waals surface area contributed by atoms with Crippen LogP contribution in [0.5, 0.6) is 0 Å². The van der Waals surface area contributed by atoms with Gasteiger partial charge in [0.25, 0.3) is 5.69 Å². The van der Waals surface area contributed by atoms with E-state index in [-0.39, 0.29) is 17.7 Å². The molecule has 0 bridgehead atoms. The number of nitrogens with zero attached hydrogens (tertiary/aromatic N) is 2. The van der Waals surface area contributed by atoms with Crippen molar-refractivity contribution in [2.75, 3.05) is 12.0 Å². The Morgan fingerprint density at radius 2 is 1.48 bits per heavy atom. The molecule has 0 saturated carbocycles. The van der Waals surface area contributed by atoms with Crippen molar-refractivity contribution in [2.24, 2.45) is 5.10 Å². The summed E-state index contributed by atoms with van der Waals surface area (Å²) in [6.45, 7) is 1.73. The molecule has 3 aromatic rings. The molecule has 3 aromatic carbocycles. The Morgan fingerprint density at radius 3 is 1.94 bits per heavy atom. The number of esters is 1. The number of non-ortho nitro benzene ring substituents is 1. The quantitative estimate of drug-likeness (QED) is 0.188. The average Bonchev–Trinajstić information content (AvgIpc) is 2.80. The van der Waals surface area contributed by atoms with E-state index >= 15 is 0 Å². The Morgan fingerprint density at radius 1 is 0.968 bits per heavy atom. The smallest absolute Gasteiger partial charge is 0.363 e. The maximum atomic E-state index is 14.4. The number of hydrogen-bond acceptors (Lipinski definition) is 7. The monoisotopic (exact) mass is 437 g/mol. The number of nitro benzene ring substituents is 1. The summed E-state index contributed by atoms with van der Waals surface area (Å²) >= 11 is 0. The Kier molecular flexibility index (Phi) is 6.95. The van der Waals surface area contributed by atoms with E-state index < -0.39 is 18.0 Å². The van der Waals surface area contributed by atoms with Gasteiger partial charge in [0.2, 0.25) is 5.45 Å². The maximum absolute atomic E-state index is 14.4. The first-order valence-electron chi connectivity index (χ1n) is 9.44. The summed E-state index contributed by atoms with van der Waals surface area (Å²) < 4.78 is 19.6. The number of carbonyl (C=O) groups excluding carboxylic acids is 1. The van der Waals surface area contributed by atoms with Crippen LogP contribution in [0, 0.1) is 10.1 Å². The van der Waals surface area contributed by atoms with E-state index in [1.54, 1.807) is 67.6 Å². The first-order valence-corrected chi connectivity index (χ1v) is 11.1. The van der Waals surface area contributed by atoms with Crippen molar-refractivity contribution in [3.8, 4) is 0 Å². The molecular weight excluding hydrogens is 417 g/mol. The first kappa shape index (κ1) is 21.9. The number of hydrogen-bond donors (Lipinski definition) is 1. The standard InChI is InChI=1S/C22H20N3O5P/c1-2-30-22(26)21(24-23-17-13-15-18(16-14-17)25(27)28)31(29,19-9-5-3-6-10-19)20-11-7-4-8-12-20/h3-16,23H,2H2,1H3/b24-21-. The molecule has 0 fully saturated rings. The number of nitrogens with one attached hydrogen (secondary N) is 1. The number of anilines is 1. The van der Waals surface area contributed by atoms with Gasteiger partial charge in [0, 0.05) is 22.7 Å². The van der Waals surface area contributed by atoms with E-state index in [0.717, 1.165) is 0 Å². The fraction of sp³-hybridized carbons (Fsp3) is 0.0909. The number of rotatable bonds is 8. The van der Waals surface area contributed by atoms with Crippen LogP contribution in [0.2, 0.25) is 0 Å². The molecule has 0 radical (unpaired) electrons. The molecule has 0 aliphatic carbocycles. The SMILES string of the molecule is CCOC(=O)/C(=N/Nc1ccc([N+](=O)[O-])cc1)P(=O)(c1ccccc1)c1ccccc1. The van der Waals surface area contributed by atoms with E-state index in [1.807, 2.05) is 0 Å². The lowest BCUT2D eigenvalue weighted by Gasteiger charge is -2.20. The van der Waals surface area contributed by atoms with Gasteiger partial charge in [0.1, 0.15) is 0 Å². The van der Waals surface area contributed by atoms with Crippen LogP contribution < -0.4 is 16.0 Å². The summed E-state index contributed by atoms with van der Waals surface area (Å²) in [5.41, 5.74) is 2.72. The van der Waals surface area contributed by atoms with Crippen molar-refractivity contribution in [3.63, 3.8) is 0 Å². The van der Waals surface area contributed by atoms with E-state index in [1.165, 1.54) is 24.3 Å². The third-order valence-electron chi connectivity index (χ3n) is 4.36. The molecule has 0 aliphatic rings. The second kappa shape index (κ2) is 9.82. The first-order chi connectivity index (χ1) is 15.0. The zero-order valence-corrected chi connectivity index (χ0v) is 17.6. The summed E-state index contributed by atoms with van der Waals surface area (Å²) in [7, 11) is -3.68. The molecule has 3 rings (SSSR count). The van der Waals surface area contributed by atoms with Gasteiger partial charge in [-0.2, -0.15) is 5.10 Å².